The number of carbonyl (C=O) groups excluding carboxylic acids is 2. The molecule has 24 heavy (non-hydrogen) atoms. The van der Waals surface area contributed by atoms with Crippen LogP contribution >= 0.6 is 0 Å². The first-order chi connectivity index (χ1) is 11.2. The van der Waals surface area contributed by atoms with E-state index in [4.69, 9.17) is 9.90 Å². The predicted molar refractivity (Wildman–Crippen MR) is 75.1 cm³/mol. The monoisotopic (exact) mass is 344 g/mol. The van der Waals surface area contributed by atoms with E-state index in [1.54, 1.807) is 0 Å². The van der Waals surface area contributed by atoms with E-state index in [1.165, 1.54) is 16.1 Å². The van der Waals surface area contributed by atoms with Gasteiger partial charge in [-0.3, -0.25) is 9.59 Å². The van der Waals surface area contributed by atoms with Crippen LogP contribution in [0.4, 0.5) is 13.2 Å². The van der Waals surface area contributed by atoms with Crippen molar-refractivity contribution in [2.45, 2.75) is 38.5 Å². The van der Waals surface area contributed by atoms with Gasteiger partial charge in [-0.05, 0) is 17.5 Å². The van der Waals surface area contributed by atoms with E-state index in [-0.39, 0.29) is 11.8 Å². The average molecular weight is 344 g/mol. The Bertz CT molecular complexity index is 619. The number of fused-ring (bicyclic) bond motifs is 1. The van der Waals surface area contributed by atoms with Crippen molar-refractivity contribution >= 4 is 17.8 Å². The van der Waals surface area contributed by atoms with Crippen LogP contribution in [-0.4, -0.2) is 39.1 Å². The van der Waals surface area contributed by atoms with E-state index < -0.39 is 12.1 Å². The molecule has 1 N–H and O–H groups in total. The maximum Gasteiger partial charge on any atom is 0.490 e. The molecule has 0 radical (unpaired) electrons. The number of hydrogen-bond acceptors (Lipinski definition) is 4. The van der Waals surface area contributed by atoms with Gasteiger partial charge in [0.1, 0.15) is 0 Å². The molecule has 1 aromatic rings. The molecule has 1 saturated heterocycles. The molecular weight excluding hydrogens is 329 g/mol. The highest BCUT2D eigenvalue weighted by Crippen LogP contribution is 2.26. The van der Waals surface area contributed by atoms with Crippen molar-refractivity contribution in [2.75, 3.05) is 0 Å². The molecule has 0 saturated carbocycles. The van der Waals surface area contributed by atoms with Gasteiger partial charge in [-0.1, -0.05) is 24.3 Å². The molecule has 3 rings (SSSR count). The van der Waals surface area contributed by atoms with E-state index >= 15 is 0 Å². The SMILES string of the molecule is O=C(O)C(F)(F)F.O=C1CCCC(=O)N1N1Cc2ccccc2C1. The second-order valence-electron chi connectivity index (χ2n) is 5.35. The van der Waals surface area contributed by atoms with Gasteiger partial charge in [-0.2, -0.15) is 13.2 Å². The zero-order valence-corrected chi connectivity index (χ0v) is 12.5. The molecule has 1 aromatic carbocycles. The summed E-state index contributed by atoms with van der Waals surface area (Å²) < 4.78 is 31.7. The number of rotatable bonds is 1. The topological polar surface area (TPSA) is 77.9 Å². The molecule has 0 atom stereocenters. The fourth-order valence-electron chi connectivity index (χ4n) is 2.51. The molecule has 2 amide bonds. The summed E-state index contributed by atoms with van der Waals surface area (Å²) in [6.45, 7) is 1.32. The fraction of sp³-hybridized carbons (Fsp3) is 0.400. The summed E-state index contributed by atoms with van der Waals surface area (Å²) in [5, 5.41) is 10.3. The number of nitrogens with zero attached hydrogens (tertiary/aromatic N) is 2. The van der Waals surface area contributed by atoms with Gasteiger partial charge in [0.2, 0.25) is 11.8 Å². The first-order valence-corrected chi connectivity index (χ1v) is 7.17. The molecule has 2 aliphatic rings. The van der Waals surface area contributed by atoms with Crippen molar-refractivity contribution in [3.05, 3.63) is 35.4 Å². The summed E-state index contributed by atoms with van der Waals surface area (Å²) in [4.78, 5) is 32.5. The Morgan fingerprint density at radius 2 is 1.42 bits per heavy atom. The van der Waals surface area contributed by atoms with Crippen molar-refractivity contribution < 1.29 is 32.7 Å². The van der Waals surface area contributed by atoms with Crippen molar-refractivity contribution in [3.8, 4) is 0 Å². The molecule has 1 fully saturated rings. The van der Waals surface area contributed by atoms with Gasteiger partial charge < -0.3 is 5.11 Å². The largest absolute Gasteiger partial charge is 0.490 e. The van der Waals surface area contributed by atoms with Crippen LogP contribution < -0.4 is 0 Å². The minimum atomic E-state index is -5.08. The predicted octanol–water partition coefficient (Wildman–Crippen LogP) is 2.09. The van der Waals surface area contributed by atoms with Gasteiger partial charge in [-0.25, -0.2) is 14.8 Å². The summed E-state index contributed by atoms with van der Waals surface area (Å²) in [5.74, 6) is -2.88. The zero-order chi connectivity index (χ0) is 17.9. The standard InChI is InChI=1S/C13H14N2O2.C2HF3O2/c16-12-6-3-7-13(17)15(12)14-8-10-4-1-2-5-11(10)9-14;3-2(4,5)1(6)7/h1-2,4-5H,3,6-9H2;(H,6,7). The number of halogens is 3. The van der Waals surface area contributed by atoms with Gasteiger partial charge in [-0.15, -0.1) is 0 Å². The van der Waals surface area contributed by atoms with Crippen LogP contribution in [0.2, 0.25) is 0 Å². The van der Waals surface area contributed by atoms with Gasteiger partial charge in [0.25, 0.3) is 0 Å². The lowest BCUT2D eigenvalue weighted by molar-refractivity contribution is -0.192. The summed E-state index contributed by atoms with van der Waals surface area (Å²) in [5.41, 5.74) is 2.41. The first kappa shape index (κ1) is 17.9. The highest BCUT2D eigenvalue weighted by atomic mass is 19.4. The van der Waals surface area contributed by atoms with Crippen molar-refractivity contribution in [1.29, 1.82) is 0 Å². The Hall–Kier alpha value is -2.42. The number of benzene rings is 1. The number of hydrazine groups is 1. The Morgan fingerprint density at radius 3 is 1.79 bits per heavy atom. The molecule has 0 bridgehead atoms. The van der Waals surface area contributed by atoms with Gasteiger partial charge in [0, 0.05) is 25.9 Å². The Balaban J connectivity index is 0.000000256. The molecular formula is C15H15F3N2O4. The second-order valence-corrected chi connectivity index (χ2v) is 5.35. The van der Waals surface area contributed by atoms with Crippen molar-refractivity contribution in [3.63, 3.8) is 0 Å². The smallest absolute Gasteiger partial charge is 0.475 e. The molecule has 130 valence electrons. The van der Waals surface area contributed by atoms with Crippen molar-refractivity contribution in [1.82, 2.24) is 10.0 Å². The Kier molecular flexibility index (Phi) is 5.23. The van der Waals surface area contributed by atoms with Crippen LogP contribution in [0, 0.1) is 0 Å². The molecule has 0 spiro atoms. The number of carboxylic acids is 1. The summed E-state index contributed by atoms with van der Waals surface area (Å²) in [6, 6.07) is 8.08. The second kappa shape index (κ2) is 7.00. The Labute approximate surface area is 135 Å². The molecule has 0 unspecified atom stereocenters. The number of amides is 2. The van der Waals surface area contributed by atoms with Crippen LogP contribution in [0.3, 0.4) is 0 Å². The van der Waals surface area contributed by atoms with E-state index in [0.29, 0.717) is 32.4 Å². The van der Waals surface area contributed by atoms with E-state index in [2.05, 4.69) is 0 Å². The third-order valence-corrected chi connectivity index (χ3v) is 3.60. The number of aliphatic carboxylic acids is 1. The number of imide groups is 1. The molecule has 0 aromatic heterocycles. The lowest BCUT2D eigenvalue weighted by atomic mass is 10.1. The number of carboxylic acid groups (broad SMARTS) is 1. The normalized spacial score (nSPS) is 18.0. The molecule has 0 aliphatic carbocycles. The summed E-state index contributed by atoms with van der Waals surface area (Å²) >= 11 is 0. The zero-order valence-electron chi connectivity index (χ0n) is 12.5. The fourth-order valence-corrected chi connectivity index (χ4v) is 2.51. The van der Waals surface area contributed by atoms with E-state index in [1.807, 2.05) is 29.3 Å². The third-order valence-electron chi connectivity index (χ3n) is 3.60. The number of carbonyl (C=O) groups is 3. The number of alkyl halides is 3. The Morgan fingerprint density at radius 1 is 1.00 bits per heavy atom. The van der Waals surface area contributed by atoms with Crippen LogP contribution in [-0.2, 0) is 27.5 Å². The molecule has 9 heteroatoms. The summed E-state index contributed by atoms with van der Waals surface area (Å²) in [6.07, 6.45) is -3.42. The third kappa shape index (κ3) is 4.10. The summed E-state index contributed by atoms with van der Waals surface area (Å²) in [7, 11) is 0. The van der Waals surface area contributed by atoms with Gasteiger partial charge >= 0.3 is 12.1 Å². The maximum absolute atomic E-state index is 11.8. The van der Waals surface area contributed by atoms with Crippen LogP contribution in [0.15, 0.2) is 24.3 Å². The quantitative estimate of drug-likeness (QED) is 0.790. The lowest BCUT2D eigenvalue weighted by Crippen LogP contribution is -2.49. The molecule has 6 nitrogen and oxygen atoms in total. The van der Waals surface area contributed by atoms with Crippen LogP contribution in [0.1, 0.15) is 30.4 Å². The van der Waals surface area contributed by atoms with Crippen LogP contribution in [0.25, 0.3) is 0 Å². The van der Waals surface area contributed by atoms with E-state index in [0.717, 1.165) is 0 Å². The van der Waals surface area contributed by atoms with Gasteiger partial charge in [0.05, 0.1) is 0 Å². The number of piperidine rings is 1. The minimum absolute atomic E-state index is 0.0611. The number of hydrogen-bond donors (Lipinski definition) is 1. The maximum atomic E-state index is 11.8. The van der Waals surface area contributed by atoms with Crippen LogP contribution in [0.5, 0.6) is 0 Å². The average Bonchev–Trinajstić information content (AvgIpc) is 2.90. The lowest BCUT2D eigenvalue weighted by Gasteiger charge is -2.32. The molecule has 2 heterocycles. The first-order valence-electron chi connectivity index (χ1n) is 7.17. The van der Waals surface area contributed by atoms with E-state index in [9.17, 15) is 22.8 Å². The molecule has 2 aliphatic heterocycles. The highest BCUT2D eigenvalue weighted by Gasteiger charge is 2.38. The van der Waals surface area contributed by atoms with Crippen molar-refractivity contribution in [2.24, 2.45) is 0 Å². The highest BCUT2D eigenvalue weighted by molar-refractivity contribution is 5.96. The minimum Gasteiger partial charge on any atom is -0.475 e. The van der Waals surface area contributed by atoms with Gasteiger partial charge in [0.15, 0.2) is 0 Å².